The molecule has 5 heteroatoms. The summed E-state index contributed by atoms with van der Waals surface area (Å²) >= 11 is 0. The summed E-state index contributed by atoms with van der Waals surface area (Å²) in [7, 11) is 0. The van der Waals surface area contributed by atoms with Crippen molar-refractivity contribution in [3.05, 3.63) is 12.4 Å². The minimum atomic E-state index is -0.0717. The van der Waals surface area contributed by atoms with Crippen LogP contribution in [0.15, 0.2) is 12.4 Å². The number of nitrogens with one attached hydrogen (secondary N) is 3. The summed E-state index contributed by atoms with van der Waals surface area (Å²) in [6.45, 7) is 0.927. The molecule has 82 valence electrons. The van der Waals surface area contributed by atoms with Crippen molar-refractivity contribution >= 4 is 11.9 Å². The summed E-state index contributed by atoms with van der Waals surface area (Å²) in [6.07, 6.45) is 7.70. The lowest BCUT2D eigenvalue weighted by molar-refractivity contribution is -0.118. The van der Waals surface area contributed by atoms with Crippen LogP contribution in [0.25, 0.3) is 0 Å². The van der Waals surface area contributed by atoms with Crippen LogP contribution in [0.4, 0.5) is 5.95 Å². The van der Waals surface area contributed by atoms with Crippen molar-refractivity contribution in [2.24, 2.45) is 0 Å². The highest BCUT2D eigenvalue weighted by atomic mass is 16.2. The zero-order valence-corrected chi connectivity index (χ0v) is 8.62. The van der Waals surface area contributed by atoms with Gasteiger partial charge in [-0.05, 0) is 19.4 Å². The third-order valence-electron chi connectivity index (χ3n) is 2.62. The minimum absolute atomic E-state index is 0.00634. The van der Waals surface area contributed by atoms with Crippen LogP contribution >= 0.6 is 0 Å². The molecule has 2 heterocycles. The van der Waals surface area contributed by atoms with E-state index in [1.165, 1.54) is 6.42 Å². The van der Waals surface area contributed by atoms with Crippen molar-refractivity contribution in [1.29, 1.82) is 0 Å². The first-order valence-corrected chi connectivity index (χ1v) is 5.40. The molecule has 0 aromatic carbocycles. The largest absolute Gasteiger partial charge is 0.331 e. The molecule has 1 atom stereocenters. The van der Waals surface area contributed by atoms with Crippen molar-refractivity contribution in [2.75, 3.05) is 11.9 Å². The first kappa shape index (κ1) is 10.2. The molecule has 2 rings (SSSR count). The predicted molar refractivity (Wildman–Crippen MR) is 57.5 cm³/mol. The minimum Gasteiger partial charge on any atom is -0.331 e. The molecule has 1 fully saturated rings. The van der Waals surface area contributed by atoms with Gasteiger partial charge in [0.2, 0.25) is 11.9 Å². The Bertz CT molecular complexity index is 301. The summed E-state index contributed by atoms with van der Waals surface area (Å²) in [5.41, 5.74) is 0. The lowest BCUT2D eigenvalue weighted by Gasteiger charge is -2.13. The van der Waals surface area contributed by atoms with Crippen molar-refractivity contribution < 1.29 is 4.79 Å². The SMILES string of the molecule is O=C(Nc1ncc[nH]1)C1CCCCCN1. The molecule has 0 spiro atoms. The van der Waals surface area contributed by atoms with E-state index in [2.05, 4.69) is 20.6 Å². The van der Waals surface area contributed by atoms with Gasteiger partial charge in [0.15, 0.2) is 0 Å². The highest BCUT2D eigenvalue weighted by Gasteiger charge is 2.19. The third kappa shape index (κ3) is 2.79. The van der Waals surface area contributed by atoms with E-state index in [9.17, 15) is 4.79 Å². The molecular formula is C10H16N4O. The van der Waals surface area contributed by atoms with Gasteiger partial charge < -0.3 is 10.3 Å². The van der Waals surface area contributed by atoms with Gasteiger partial charge in [-0.25, -0.2) is 4.98 Å². The second-order valence-electron chi connectivity index (χ2n) is 3.78. The van der Waals surface area contributed by atoms with Crippen LogP contribution in [-0.4, -0.2) is 28.5 Å². The number of carbonyl (C=O) groups is 1. The highest BCUT2D eigenvalue weighted by molar-refractivity contribution is 5.93. The van der Waals surface area contributed by atoms with Gasteiger partial charge in [0.25, 0.3) is 0 Å². The zero-order valence-electron chi connectivity index (χ0n) is 8.62. The van der Waals surface area contributed by atoms with E-state index < -0.39 is 0 Å². The Hall–Kier alpha value is -1.36. The highest BCUT2D eigenvalue weighted by Crippen LogP contribution is 2.09. The van der Waals surface area contributed by atoms with Gasteiger partial charge in [-0.1, -0.05) is 12.8 Å². The molecular weight excluding hydrogens is 192 g/mol. The molecule has 0 radical (unpaired) electrons. The second kappa shape index (κ2) is 4.93. The quantitative estimate of drug-likeness (QED) is 0.675. The van der Waals surface area contributed by atoms with Gasteiger partial charge in [0, 0.05) is 12.4 Å². The first-order chi connectivity index (χ1) is 7.36. The Labute approximate surface area is 88.7 Å². The Kier molecular flexibility index (Phi) is 3.34. The van der Waals surface area contributed by atoms with Crippen LogP contribution in [0.2, 0.25) is 0 Å². The molecule has 5 nitrogen and oxygen atoms in total. The monoisotopic (exact) mass is 208 g/mol. The smallest absolute Gasteiger partial charge is 0.243 e. The molecule has 1 aromatic heterocycles. The Morgan fingerprint density at radius 2 is 2.40 bits per heavy atom. The lowest BCUT2D eigenvalue weighted by atomic mass is 10.1. The topological polar surface area (TPSA) is 69.8 Å². The van der Waals surface area contributed by atoms with Crippen LogP contribution in [0.1, 0.15) is 25.7 Å². The lowest BCUT2D eigenvalue weighted by Crippen LogP contribution is -2.40. The maximum absolute atomic E-state index is 11.8. The number of imidazole rings is 1. The van der Waals surface area contributed by atoms with Gasteiger partial charge in [0.05, 0.1) is 6.04 Å². The van der Waals surface area contributed by atoms with E-state index >= 15 is 0 Å². The van der Waals surface area contributed by atoms with Gasteiger partial charge in [0.1, 0.15) is 0 Å². The van der Waals surface area contributed by atoms with Crippen molar-refractivity contribution in [3.8, 4) is 0 Å². The number of hydrogen-bond donors (Lipinski definition) is 3. The van der Waals surface area contributed by atoms with Crippen molar-refractivity contribution in [3.63, 3.8) is 0 Å². The maximum Gasteiger partial charge on any atom is 0.243 e. The van der Waals surface area contributed by atoms with E-state index in [0.717, 1.165) is 25.8 Å². The number of hydrogen-bond acceptors (Lipinski definition) is 3. The Morgan fingerprint density at radius 1 is 1.47 bits per heavy atom. The van der Waals surface area contributed by atoms with Crippen LogP contribution < -0.4 is 10.6 Å². The van der Waals surface area contributed by atoms with Crippen LogP contribution in [-0.2, 0) is 4.79 Å². The second-order valence-corrected chi connectivity index (χ2v) is 3.78. The molecule has 1 unspecified atom stereocenters. The molecule has 1 aliphatic rings. The standard InChI is InChI=1S/C10H16N4O/c15-9(14-10-12-6-7-13-10)8-4-2-1-3-5-11-8/h6-8,11H,1-5H2,(H2,12,13,14,15). The van der Waals surface area contributed by atoms with Crippen LogP contribution in [0.3, 0.4) is 0 Å². The van der Waals surface area contributed by atoms with Gasteiger partial charge in [-0.3, -0.25) is 10.1 Å². The fourth-order valence-electron chi connectivity index (χ4n) is 1.79. The molecule has 1 amide bonds. The Balaban J connectivity index is 1.89. The van der Waals surface area contributed by atoms with Crippen LogP contribution in [0.5, 0.6) is 0 Å². The molecule has 1 aromatic rings. The molecule has 15 heavy (non-hydrogen) atoms. The summed E-state index contributed by atoms with van der Waals surface area (Å²) in [5.74, 6) is 0.526. The molecule has 3 N–H and O–H groups in total. The Morgan fingerprint density at radius 3 is 3.20 bits per heavy atom. The molecule has 1 aliphatic heterocycles. The van der Waals surface area contributed by atoms with E-state index in [1.807, 2.05) is 0 Å². The van der Waals surface area contributed by atoms with Gasteiger partial charge in [-0.2, -0.15) is 0 Å². The fourth-order valence-corrected chi connectivity index (χ4v) is 1.79. The van der Waals surface area contributed by atoms with Crippen molar-refractivity contribution in [1.82, 2.24) is 15.3 Å². The van der Waals surface area contributed by atoms with E-state index in [4.69, 9.17) is 0 Å². The average Bonchev–Trinajstić information content (AvgIpc) is 2.58. The zero-order chi connectivity index (χ0) is 10.5. The number of H-pyrrole nitrogens is 1. The molecule has 0 saturated carbocycles. The van der Waals surface area contributed by atoms with E-state index in [0.29, 0.717) is 5.95 Å². The fraction of sp³-hybridized carbons (Fsp3) is 0.600. The molecule has 0 bridgehead atoms. The number of aromatic amines is 1. The number of nitrogens with zero attached hydrogens (tertiary/aromatic N) is 1. The van der Waals surface area contributed by atoms with E-state index in [1.54, 1.807) is 12.4 Å². The number of anilines is 1. The van der Waals surface area contributed by atoms with Crippen LogP contribution in [0, 0.1) is 0 Å². The normalized spacial score (nSPS) is 22.0. The summed E-state index contributed by atoms with van der Waals surface area (Å²) in [4.78, 5) is 18.6. The number of rotatable bonds is 2. The van der Waals surface area contributed by atoms with Gasteiger partial charge >= 0.3 is 0 Å². The summed E-state index contributed by atoms with van der Waals surface area (Å²) < 4.78 is 0. The number of amides is 1. The summed E-state index contributed by atoms with van der Waals surface area (Å²) in [5, 5.41) is 5.99. The first-order valence-electron chi connectivity index (χ1n) is 5.40. The average molecular weight is 208 g/mol. The molecule has 0 aliphatic carbocycles. The van der Waals surface area contributed by atoms with E-state index in [-0.39, 0.29) is 11.9 Å². The third-order valence-corrected chi connectivity index (χ3v) is 2.62. The van der Waals surface area contributed by atoms with Gasteiger partial charge in [-0.15, -0.1) is 0 Å². The maximum atomic E-state index is 11.8. The van der Waals surface area contributed by atoms with Crippen molar-refractivity contribution in [2.45, 2.75) is 31.7 Å². The molecule has 1 saturated heterocycles. The number of carbonyl (C=O) groups excluding carboxylic acids is 1. The summed E-state index contributed by atoms with van der Waals surface area (Å²) in [6, 6.07) is -0.0717. The number of aromatic nitrogens is 2. The predicted octanol–water partition coefficient (Wildman–Crippen LogP) is 0.880.